The molecule has 1 atom stereocenters. The summed E-state index contributed by atoms with van der Waals surface area (Å²) in [6, 6.07) is -0.148. The van der Waals surface area contributed by atoms with E-state index in [1.54, 1.807) is 0 Å². The number of carbonyl (C=O) groups excluding carboxylic acids is 1. The Hall–Kier alpha value is -0.130. The minimum Gasteiger partial charge on any atom is -0.354 e. The third-order valence-electron chi connectivity index (χ3n) is 1.38. The maximum atomic E-state index is 10.9. The number of hydrogen-bond donors (Lipinski definition) is 1. The fourth-order valence-corrected chi connectivity index (χ4v) is 1.03. The highest BCUT2D eigenvalue weighted by atomic mass is 79.9. The van der Waals surface area contributed by atoms with Crippen molar-refractivity contribution in [2.24, 2.45) is 0 Å². The van der Waals surface area contributed by atoms with Gasteiger partial charge in [-0.05, 0) is 6.92 Å². The van der Waals surface area contributed by atoms with E-state index in [2.05, 4.69) is 21.2 Å². The molecular formula is C7H14BrNO3. The van der Waals surface area contributed by atoms with Gasteiger partial charge in [0.25, 0.3) is 0 Å². The van der Waals surface area contributed by atoms with Crippen molar-refractivity contribution < 1.29 is 14.3 Å². The van der Waals surface area contributed by atoms with E-state index in [0.29, 0.717) is 0 Å². The van der Waals surface area contributed by atoms with Crippen LogP contribution in [0.1, 0.15) is 6.92 Å². The van der Waals surface area contributed by atoms with Crippen molar-refractivity contribution in [1.29, 1.82) is 0 Å². The molecule has 0 fully saturated rings. The van der Waals surface area contributed by atoms with Gasteiger partial charge in [0.05, 0.1) is 11.4 Å². The summed E-state index contributed by atoms with van der Waals surface area (Å²) < 4.78 is 9.91. The van der Waals surface area contributed by atoms with E-state index in [4.69, 9.17) is 9.47 Å². The third kappa shape index (κ3) is 4.04. The first-order chi connectivity index (χ1) is 5.65. The number of methoxy groups -OCH3 is 2. The Bertz CT molecular complexity index is 139. The summed E-state index contributed by atoms with van der Waals surface area (Å²) in [6.07, 6.45) is -0.395. The fraction of sp³-hybridized carbons (Fsp3) is 0.857. The number of amides is 1. The lowest BCUT2D eigenvalue weighted by Crippen LogP contribution is -2.43. The first-order valence-corrected chi connectivity index (χ1v) is 4.68. The lowest BCUT2D eigenvalue weighted by molar-refractivity contribution is -0.134. The first-order valence-electron chi connectivity index (χ1n) is 3.56. The Morgan fingerprint density at radius 1 is 1.50 bits per heavy atom. The predicted molar refractivity (Wildman–Crippen MR) is 49.2 cm³/mol. The van der Waals surface area contributed by atoms with Crippen LogP contribution in [0.25, 0.3) is 0 Å². The molecule has 0 aromatic carbocycles. The number of hydrogen-bond acceptors (Lipinski definition) is 3. The van der Waals surface area contributed by atoms with Gasteiger partial charge in [-0.3, -0.25) is 4.79 Å². The van der Waals surface area contributed by atoms with E-state index in [9.17, 15) is 4.79 Å². The lowest BCUT2D eigenvalue weighted by Gasteiger charge is -2.21. The van der Waals surface area contributed by atoms with Gasteiger partial charge >= 0.3 is 0 Å². The largest absolute Gasteiger partial charge is 0.354 e. The Labute approximate surface area is 80.7 Å². The predicted octanol–water partition coefficient (Wildman–Crippen LogP) is 0.505. The maximum absolute atomic E-state index is 10.9. The molecule has 0 aliphatic heterocycles. The molecular weight excluding hydrogens is 226 g/mol. The van der Waals surface area contributed by atoms with E-state index >= 15 is 0 Å². The molecule has 5 heteroatoms. The molecule has 0 saturated heterocycles. The van der Waals surface area contributed by atoms with E-state index in [-0.39, 0.29) is 17.3 Å². The summed E-state index contributed by atoms with van der Waals surface area (Å²) >= 11 is 3.04. The van der Waals surface area contributed by atoms with E-state index in [0.717, 1.165) is 0 Å². The minimum atomic E-state index is -0.395. The van der Waals surface area contributed by atoms with Gasteiger partial charge in [0.2, 0.25) is 5.91 Å². The van der Waals surface area contributed by atoms with Gasteiger partial charge in [0, 0.05) is 14.2 Å². The highest BCUT2D eigenvalue weighted by Gasteiger charge is 2.16. The summed E-state index contributed by atoms with van der Waals surface area (Å²) in [6.45, 7) is 1.82. The molecule has 0 heterocycles. The molecule has 12 heavy (non-hydrogen) atoms. The van der Waals surface area contributed by atoms with Crippen molar-refractivity contribution in [3.63, 3.8) is 0 Å². The number of ether oxygens (including phenoxy) is 2. The molecule has 0 spiro atoms. The zero-order valence-electron chi connectivity index (χ0n) is 7.46. The quantitative estimate of drug-likeness (QED) is 0.562. The zero-order chi connectivity index (χ0) is 9.56. The van der Waals surface area contributed by atoms with Crippen molar-refractivity contribution in [2.75, 3.05) is 19.5 Å². The van der Waals surface area contributed by atoms with Crippen LogP contribution in [0.3, 0.4) is 0 Å². The molecule has 1 unspecified atom stereocenters. The Kier molecular flexibility index (Phi) is 6.32. The Balaban J connectivity index is 3.83. The van der Waals surface area contributed by atoms with Crippen molar-refractivity contribution in [3.05, 3.63) is 0 Å². The van der Waals surface area contributed by atoms with Crippen LogP contribution in [0.5, 0.6) is 0 Å². The smallest absolute Gasteiger partial charge is 0.231 e. The van der Waals surface area contributed by atoms with E-state index in [1.807, 2.05) is 6.92 Å². The number of rotatable bonds is 5. The monoisotopic (exact) mass is 239 g/mol. The average Bonchev–Trinajstić information content (AvgIpc) is 2.06. The normalized spacial score (nSPS) is 13.1. The van der Waals surface area contributed by atoms with Crippen LogP contribution >= 0.6 is 15.9 Å². The number of nitrogens with one attached hydrogen (secondary N) is 1. The highest BCUT2D eigenvalue weighted by Crippen LogP contribution is 1.98. The summed E-state index contributed by atoms with van der Waals surface area (Å²) in [5, 5.41) is 2.98. The van der Waals surface area contributed by atoms with Crippen LogP contribution in [-0.4, -0.2) is 37.8 Å². The van der Waals surface area contributed by atoms with Crippen LogP contribution < -0.4 is 5.32 Å². The third-order valence-corrected chi connectivity index (χ3v) is 1.89. The standard InChI is InChI=1S/C7H14BrNO3/c1-5(7(11-2)12-3)9-6(10)4-8/h5,7H,4H2,1-3H3,(H,9,10). The molecule has 1 amide bonds. The van der Waals surface area contributed by atoms with Crippen LogP contribution in [0.2, 0.25) is 0 Å². The van der Waals surface area contributed by atoms with Crippen molar-refractivity contribution in [1.82, 2.24) is 5.32 Å². The summed E-state index contributed by atoms with van der Waals surface area (Å²) in [7, 11) is 3.07. The van der Waals surface area contributed by atoms with Crippen molar-refractivity contribution in [2.45, 2.75) is 19.3 Å². The second-order valence-electron chi connectivity index (χ2n) is 2.33. The SMILES string of the molecule is COC(OC)C(C)NC(=O)CBr. The van der Waals surface area contributed by atoms with Gasteiger partial charge in [-0.15, -0.1) is 0 Å². The second kappa shape index (κ2) is 6.39. The fourth-order valence-electron chi connectivity index (χ4n) is 0.865. The number of alkyl halides is 1. The van der Waals surface area contributed by atoms with E-state index < -0.39 is 6.29 Å². The topological polar surface area (TPSA) is 47.6 Å². The zero-order valence-corrected chi connectivity index (χ0v) is 9.05. The average molecular weight is 240 g/mol. The van der Waals surface area contributed by atoms with Gasteiger partial charge in [0.15, 0.2) is 6.29 Å². The first kappa shape index (κ1) is 11.9. The number of halogens is 1. The second-order valence-corrected chi connectivity index (χ2v) is 2.89. The summed E-state index contributed by atoms with van der Waals surface area (Å²) in [5.41, 5.74) is 0. The van der Waals surface area contributed by atoms with Gasteiger partial charge in [-0.2, -0.15) is 0 Å². The summed E-state index contributed by atoms with van der Waals surface area (Å²) in [4.78, 5) is 10.9. The van der Waals surface area contributed by atoms with Crippen molar-refractivity contribution >= 4 is 21.8 Å². The Morgan fingerprint density at radius 3 is 2.33 bits per heavy atom. The number of carbonyl (C=O) groups is 1. The lowest BCUT2D eigenvalue weighted by atomic mass is 10.3. The Morgan fingerprint density at radius 2 is 2.00 bits per heavy atom. The highest BCUT2D eigenvalue weighted by molar-refractivity contribution is 9.09. The van der Waals surface area contributed by atoms with Gasteiger partial charge < -0.3 is 14.8 Å². The molecule has 0 saturated carbocycles. The molecule has 0 bridgehead atoms. The molecule has 0 aromatic rings. The van der Waals surface area contributed by atoms with Crippen LogP contribution in [0.15, 0.2) is 0 Å². The van der Waals surface area contributed by atoms with Gasteiger partial charge in [-0.25, -0.2) is 0 Å². The van der Waals surface area contributed by atoms with Crippen LogP contribution in [-0.2, 0) is 14.3 Å². The molecule has 0 aliphatic rings. The molecule has 0 aromatic heterocycles. The molecule has 4 nitrogen and oxygen atoms in total. The minimum absolute atomic E-state index is 0.0819. The van der Waals surface area contributed by atoms with E-state index in [1.165, 1.54) is 14.2 Å². The van der Waals surface area contributed by atoms with Gasteiger partial charge in [-0.1, -0.05) is 15.9 Å². The molecule has 72 valence electrons. The summed E-state index contributed by atoms with van der Waals surface area (Å²) in [5.74, 6) is -0.0819. The molecule has 1 N–H and O–H groups in total. The molecule has 0 radical (unpaired) electrons. The maximum Gasteiger partial charge on any atom is 0.231 e. The van der Waals surface area contributed by atoms with Crippen molar-refractivity contribution in [3.8, 4) is 0 Å². The van der Waals surface area contributed by atoms with Gasteiger partial charge in [0.1, 0.15) is 0 Å². The molecule has 0 aliphatic carbocycles. The van der Waals surface area contributed by atoms with Crippen LogP contribution in [0, 0.1) is 0 Å². The molecule has 0 rings (SSSR count). The van der Waals surface area contributed by atoms with Crippen LogP contribution in [0.4, 0.5) is 0 Å².